The van der Waals surface area contributed by atoms with Crippen molar-refractivity contribution >= 4 is 0 Å². The van der Waals surface area contributed by atoms with Crippen LogP contribution >= 0.6 is 0 Å². The van der Waals surface area contributed by atoms with Gasteiger partial charge in [0.1, 0.15) is 18.5 Å². The van der Waals surface area contributed by atoms with Crippen LogP contribution in [0.3, 0.4) is 0 Å². The molecule has 0 aromatic heterocycles. The maximum Gasteiger partial charge on any atom is 0.122 e. The number of hydrogen-bond donors (Lipinski definition) is 2. The first-order valence-electron chi connectivity index (χ1n) is 7.63. The minimum Gasteiger partial charge on any atom is -0.491 e. The minimum absolute atomic E-state index is 0.330. The largest absolute Gasteiger partial charge is 0.491 e. The predicted octanol–water partition coefficient (Wildman–Crippen LogP) is 1.37. The van der Waals surface area contributed by atoms with Crippen LogP contribution < -0.4 is 10.1 Å². The Hall–Kier alpha value is -1.36. The summed E-state index contributed by atoms with van der Waals surface area (Å²) in [7, 11) is 0. The summed E-state index contributed by atoms with van der Waals surface area (Å²) in [5, 5.41) is 13.4. The highest BCUT2D eigenvalue weighted by Gasteiger charge is 2.15. The van der Waals surface area contributed by atoms with Crippen LogP contribution in [-0.2, 0) is 6.42 Å². The molecule has 1 saturated heterocycles. The molecule has 0 radical (unpaired) electrons. The van der Waals surface area contributed by atoms with Crippen LogP contribution in [0.5, 0.6) is 5.75 Å². The second kappa shape index (κ2) is 8.17. The number of piperazine rings is 1. The van der Waals surface area contributed by atoms with E-state index in [0.717, 1.165) is 43.9 Å². The first-order valence-corrected chi connectivity index (χ1v) is 7.63. The van der Waals surface area contributed by atoms with Crippen molar-refractivity contribution in [2.75, 3.05) is 39.3 Å². The van der Waals surface area contributed by atoms with E-state index in [9.17, 15) is 5.11 Å². The fourth-order valence-corrected chi connectivity index (χ4v) is 2.59. The Morgan fingerprint density at radius 3 is 2.90 bits per heavy atom. The first-order chi connectivity index (χ1) is 10.2. The average Bonchev–Trinajstić information content (AvgIpc) is 2.48. The average molecular weight is 290 g/mol. The molecule has 1 aliphatic heterocycles. The van der Waals surface area contributed by atoms with E-state index >= 15 is 0 Å². The zero-order valence-corrected chi connectivity index (χ0v) is 12.8. The summed E-state index contributed by atoms with van der Waals surface area (Å²) in [4.78, 5) is 2.27. The number of benzene rings is 1. The molecular weight excluding hydrogens is 264 g/mol. The number of rotatable bonds is 7. The van der Waals surface area contributed by atoms with E-state index in [1.807, 2.05) is 18.2 Å². The van der Waals surface area contributed by atoms with Gasteiger partial charge in [0.2, 0.25) is 0 Å². The zero-order chi connectivity index (χ0) is 15.1. The van der Waals surface area contributed by atoms with Crippen LogP contribution in [0.15, 0.2) is 30.9 Å². The summed E-state index contributed by atoms with van der Waals surface area (Å²) >= 11 is 0. The normalized spacial score (nSPS) is 17.4. The van der Waals surface area contributed by atoms with E-state index in [2.05, 4.69) is 29.8 Å². The number of β-amino-alcohol motifs (C(OH)–C–C–N with tert-alkyl or cyclic N) is 1. The fraction of sp³-hybridized carbons (Fsp3) is 0.529. The van der Waals surface area contributed by atoms with Gasteiger partial charge in [0.25, 0.3) is 0 Å². The van der Waals surface area contributed by atoms with Crippen LogP contribution in [0.1, 0.15) is 11.1 Å². The topological polar surface area (TPSA) is 44.7 Å². The van der Waals surface area contributed by atoms with Gasteiger partial charge in [-0.3, -0.25) is 4.90 Å². The lowest BCUT2D eigenvalue weighted by Gasteiger charge is -2.29. The van der Waals surface area contributed by atoms with E-state index in [1.54, 1.807) is 0 Å². The van der Waals surface area contributed by atoms with Gasteiger partial charge in [-0.2, -0.15) is 0 Å². The quantitative estimate of drug-likeness (QED) is 0.745. The van der Waals surface area contributed by atoms with Gasteiger partial charge >= 0.3 is 0 Å². The molecule has 1 aromatic rings. The summed E-state index contributed by atoms with van der Waals surface area (Å²) < 4.78 is 5.81. The molecule has 0 saturated carbocycles. The van der Waals surface area contributed by atoms with Crippen molar-refractivity contribution < 1.29 is 9.84 Å². The number of aliphatic hydroxyl groups excluding tert-OH is 1. The minimum atomic E-state index is -0.457. The number of hydrogen-bond acceptors (Lipinski definition) is 4. The van der Waals surface area contributed by atoms with E-state index in [4.69, 9.17) is 4.74 Å². The van der Waals surface area contributed by atoms with E-state index in [1.165, 1.54) is 5.56 Å². The van der Waals surface area contributed by atoms with Crippen molar-refractivity contribution in [3.05, 3.63) is 42.0 Å². The SMILES string of the molecule is C=CCc1cc(C)ccc1OCC(O)CN1CCNCC1. The molecule has 4 heteroatoms. The van der Waals surface area contributed by atoms with Crippen LogP contribution in [-0.4, -0.2) is 55.4 Å². The number of allylic oxidation sites excluding steroid dienone is 1. The highest BCUT2D eigenvalue weighted by atomic mass is 16.5. The second-order valence-corrected chi connectivity index (χ2v) is 5.62. The summed E-state index contributed by atoms with van der Waals surface area (Å²) in [6.45, 7) is 10.8. The molecular formula is C17H26N2O2. The van der Waals surface area contributed by atoms with E-state index in [0.29, 0.717) is 13.2 Å². The molecule has 0 amide bonds. The molecule has 2 rings (SSSR count). The second-order valence-electron chi connectivity index (χ2n) is 5.62. The summed E-state index contributed by atoms with van der Waals surface area (Å²) in [5.74, 6) is 0.847. The smallest absolute Gasteiger partial charge is 0.122 e. The van der Waals surface area contributed by atoms with Crippen LogP contribution in [0.2, 0.25) is 0 Å². The van der Waals surface area contributed by atoms with Crippen LogP contribution in [0.4, 0.5) is 0 Å². The third-order valence-electron chi connectivity index (χ3n) is 3.69. The van der Waals surface area contributed by atoms with Crippen molar-refractivity contribution in [1.29, 1.82) is 0 Å². The van der Waals surface area contributed by atoms with Crippen molar-refractivity contribution in [2.45, 2.75) is 19.4 Å². The standard InChI is InChI=1S/C17H26N2O2/c1-3-4-15-11-14(2)5-6-17(15)21-13-16(20)12-19-9-7-18-8-10-19/h3,5-6,11,16,18,20H,1,4,7-10,12-13H2,2H3. The Balaban J connectivity index is 1.85. The molecule has 1 aliphatic rings. The molecule has 0 aliphatic carbocycles. The lowest BCUT2D eigenvalue weighted by atomic mass is 10.1. The number of aryl methyl sites for hydroxylation is 1. The van der Waals surface area contributed by atoms with Gasteiger partial charge in [-0.25, -0.2) is 0 Å². The number of nitrogens with zero attached hydrogens (tertiary/aromatic N) is 1. The Kier molecular flexibility index (Phi) is 6.23. The fourth-order valence-electron chi connectivity index (χ4n) is 2.59. The highest BCUT2D eigenvalue weighted by molar-refractivity contribution is 5.38. The maximum atomic E-state index is 10.1. The van der Waals surface area contributed by atoms with E-state index in [-0.39, 0.29) is 0 Å². The number of nitrogens with one attached hydrogen (secondary N) is 1. The lowest BCUT2D eigenvalue weighted by molar-refractivity contribution is 0.0638. The van der Waals surface area contributed by atoms with Crippen LogP contribution in [0.25, 0.3) is 0 Å². The summed E-state index contributed by atoms with van der Waals surface area (Å²) in [6.07, 6.45) is 2.20. The number of aliphatic hydroxyl groups is 1. The molecule has 21 heavy (non-hydrogen) atoms. The van der Waals surface area contributed by atoms with Gasteiger partial charge in [0, 0.05) is 32.7 Å². The number of ether oxygens (including phenoxy) is 1. The predicted molar refractivity (Wildman–Crippen MR) is 85.9 cm³/mol. The monoisotopic (exact) mass is 290 g/mol. The molecule has 4 nitrogen and oxygen atoms in total. The summed E-state index contributed by atoms with van der Waals surface area (Å²) in [6, 6.07) is 6.12. The molecule has 0 bridgehead atoms. The third-order valence-corrected chi connectivity index (χ3v) is 3.69. The lowest BCUT2D eigenvalue weighted by Crippen LogP contribution is -2.47. The molecule has 116 valence electrons. The Morgan fingerprint density at radius 1 is 1.43 bits per heavy atom. The highest BCUT2D eigenvalue weighted by Crippen LogP contribution is 2.21. The molecule has 0 spiro atoms. The first kappa shape index (κ1) is 16.0. The van der Waals surface area contributed by atoms with Crippen molar-refractivity contribution in [3.8, 4) is 5.75 Å². The third kappa shape index (κ3) is 5.16. The molecule has 1 aromatic carbocycles. The molecule has 1 atom stereocenters. The van der Waals surface area contributed by atoms with Gasteiger partial charge in [-0.1, -0.05) is 23.8 Å². The zero-order valence-electron chi connectivity index (χ0n) is 12.8. The molecule has 1 unspecified atom stereocenters. The van der Waals surface area contributed by atoms with Gasteiger partial charge in [-0.15, -0.1) is 6.58 Å². The van der Waals surface area contributed by atoms with Crippen LogP contribution in [0, 0.1) is 6.92 Å². The molecule has 1 fully saturated rings. The molecule has 1 heterocycles. The van der Waals surface area contributed by atoms with Gasteiger partial charge in [0.15, 0.2) is 0 Å². The molecule has 2 N–H and O–H groups in total. The van der Waals surface area contributed by atoms with Crippen molar-refractivity contribution in [2.24, 2.45) is 0 Å². The Morgan fingerprint density at radius 2 is 2.19 bits per heavy atom. The summed E-state index contributed by atoms with van der Waals surface area (Å²) in [5.41, 5.74) is 2.33. The van der Waals surface area contributed by atoms with E-state index < -0.39 is 6.10 Å². The van der Waals surface area contributed by atoms with Gasteiger partial charge in [-0.05, 0) is 25.0 Å². The van der Waals surface area contributed by atoms with Gasteiger partial charge < -0.3 is 15.2 Å². The van der Waals surface area contributed by atoms with Crippen molar-refractivity contribution in [3.63, 3.8) is 0 Å². The maximum absolute atomic E-state index is 10.1. The Labute approximate surface area is 127 Å². The van der Waals surface area contributed by atoms with Gasteiger partial charge in [0.05, 0.1) is 0 Å². The Bertz CT molecular complexity index is 456. The van der Waals surface area contributed by atoms with Crippen molar-refractivity contribution in [1.82, 2.24) is 10.2 Å².